The van der Waals surface area contributed by atoms with Gasteiger partial charge >= 0.3 is 0 Å². The zero-order valence-electron chi connectivity index (χ0n) is 16.7. The minimum atomic E-state index is -1.17. The molecule has 0 fully saturated rings. The number of aliphatic imine (C=N–C) groups is 1. The fourth-order valence-corrected chi connectivity index (χ4v) is 2.70. The number of anilines is 1. The quantitative estimate of drug-likeness (QED) is 0.154. The van der Waals surface area contributed by atoms with Crippen LogP contribution in [-0.4, -0.2) is 57.0 Å². The van der Waals surface area contributed by atoms with E-state index in [1.54, 1.807) is 29.9 Å². The summed E-state index contributed by atoms with van der Waals surface area (Å²) in [6.45, 7) is 5.78. The zero-order chi connectivity index (χ0) is 20.0. The number of aryl methyl sites for hydroxylation is 1. The molecule has 29 heavy (non-hydrogen) atoms. The smallest absolute Gasteiger partial charge is 0.191 e. The standard InChI is InChI=1S/C18H26N8O2.HI/c1-4-19-17(22-11-18(2,27)14-6-5-9-28-14)21-8-7-20-15-13-10-25-26(3)16(13)24-12-23-15;/h5-6,9-10,12,27H,4,7-8,11H2,1-3H3,(H2,19,21,22)(H,20,23,24);1H. The monoisotopic (exact) mass is 514 g/mol. The van der Waals surface area contributed by atoms with Gasteiger partial charge in [-0.3, -0.25) is 4.68 Å². The van der Waals surface area contributed by atoms with Gasteiger partial charge in [-0.25, -0.2) is 15.0 Å². The van der Waals surface area contributed by atoms with Crippen molar-refractivity contribution in [3.8, 4) is 0 Å². The fourth-order valence-electron chi connectivity index (χ4n) is 2.70. The van der Waals surface area contributed by atoms with Crippen LogP contribution in [0.3, 0.4) is 0 Å². The molecule has 3 rings (SSSR count). The number of furan rings is 1. The van der Waals surface area contributed by atoms with Gasteiger partial charge in [-0.1, -0.05) is 0 Å². The van der Waals surface area contributed by atoms with Crippen molar-refractivity contribution in [2.24, 2.45) is 12.0 Å². The Hall–Kier alpha value is -2.41. The van der Waals surface area contributed by atoms with Gasteiger partial charge in [0.2, 0.25) is 0 Å². The molecular formula is C18H27IN8O2. The van der Waals surface area contributed by atoms with Crippen molar-refractivity contribution in [3.63, 3.8) is 0 Å². The normalized spacial score (nSPS) is 13.6. The summed E-state index contributed by atoms with van der Waals surface area (Å²) in [4.78, 5) is 13.0. The van der Waals surface area contributed by atoms with E-state index in [2.05, 4.69) is 36.0 Å². The topological polar surface area (TPSA) is 125 Å². The van der Waals surface area contributed by atoms with E-state index >= 15 is 0 Å². The van der Waals surface area contributed by atoms with Crippen molar-refractivity contribution >= 4 is 46.8 Å². The number of hydrogen-bond acceptors (Lipinski definition) is 7. The van der Waals surface area contributed by atoms with Gasteiger partial charge in [0, 0.05) is 26.7 Å². The van der Waals surface area contributed by atoms with Crippen LogP contribution in [0.15, 0.2) is 40.3 Å². The maximum absolute atomic E-state index is 10.5. The lowest BCUT2D eigenvalue weighted by molar-refractivity contribution is 0.0437. The highest BCUT2D eigenvalue weighted by atomic mass is 127. The maximum atomic E-state index is 10.5. The van der Waals surface area contributed by atoms with Crippen molar-refractivity contribution in [2.45, 2.75) is 19.4 Å². The molecule has 0 saturated heterocycles. The molecule has 0 aliphatic heterocycles. The fraction of sp³-hybridized carbons (Fsp3) is 0.444. The summed E-state index contributed by atoms with van der Waals surface area (Å²) >= 11 is 0. The first-order valence-corrected chi connectivity index (χ1v) is 9.16. The largest absolute Gasteiger partial charge is 0.466 e. The molecule has 4 N–H and O–H groups in total. The Morgan fingerprint density at radius 2 is 2.14 bits per heavy atom. The Labute approximate surface area is 186 Å². The van der Waals surface area contributed by atoms with Crippen LogP contribution >= 0.6 is 24.0 Å². The van der Waals surface area contributed by atoms with Crippen molar-refractivity contribution < 1.29 is 9.52 Å². The number of rotatable bonds is 8. The highest BCUT2D eigenvalue weighted by molar-refractivity contribution is 14.0. The number of guanidine groups is 1. The van der Waals surface area contributed by atoms with Gasteiger partial charge in [-0.05, 0) is 26.0 Å². The van der Waals surface area contributed by atoms with E-state index in [9.17, 15) is 5.11 Å². The van der Waals surface area contributed by atoms with Crippen LogP contribution in [0.5, 0.6) is 0 Å². The number of nitrogens with zero attached hydrogens (tertiary/aromatic N) is 5. The van der Waals surface area contributed by atoms with Crippen LogP contribution in [0.25, 0.3) is 11.0 Å². The molecule has 3 aromatic rings. The van der Waals surface area contributed by atoms with Crippen molar-refractivity contribution in [2.75, 3.05) is 31.5 Å². The molecular weight excluding hydrogens is 487 g/mol. The highest BCUT2D eigenvalue weighted by Crippen LogP contribution is 2.21. The lowest BCUT2D eigenvalue weighted by Gasteiger charge is -2.19. The molecule has 1 unspecified atom stereocenters. The number of halogens is 1. The summed E-state index contributed by atoms with van der Waals surface area (Å²) in [5.41, 5.74) is -0.391. The average Bonchev–Trinajstić information content (AvgIpc) is 3.34. The van der Waals surface area contributed by atoms with Crippen LogP contribution < -0.4 is 16.0 Å². The number of hydrogen-bond donors (Lipinski definition) is 4. The lowest BCUT2D eigenvalue weighted by atomic mass is 10.0. The van der Waals surface area contributed by atoms with Gasteiger partial charge in [0.05, 0.1) is 24.4 Å². The molecule has 158 valence electrons. The van der Waals surface area contributed by atoms with E-state index in [0.717, 1.165) is 16.9 Å². The third kappa shape index (κ3) is 5.79. The van der Waals surface area contributed by atoms with Gasteiger partial charge in [-0.2, -0.15) is 5.10 Å². The SMILES string of the molecule is CCNC(=NCC(C)(O)c1ccco1)NCCNc1ncnc2c1cnn2C.I. The second-order valence-electron chi connectivity index (χ2n) is 6.53. The number of nitrogens with one attached hydrogen (secondary N) is 3. The first-order chi connectivity index (χ1) is 13.5. The summed E-state index contributed by atoms with van der Waals surface area (Å²) in [6, 6.07) is 3.48. The molecule has 1 atom stereocenters. The first-order valence-electron chi connectivity index (χ1n) is 9.16. The van der Waals surface area contributed by atoms with Gasteiger partial charge in [0.1, 0.15) is 23.5 Å². The van der Waals surface area contributed by atoms with E-state index in [-0.39, 0.29) is 30.5 Å². The van der Waals surface area contributed by atoms with Gasteiger partial charge in [-0.15, -0.1) is 24.0 Å². The Morgan fingerprint density at radius 3 is 2.86 bits per heavy atom. The van der Waals surface area contributed by atoms with E-state index in [0.29, 0.717) is 31.4 Å². The molecule has 0 bridgehead atoms. The maximum Gasteiger partial charge on any atom is 0.191 e. The lowest BCUT2D eigenvalue weighted by Crippen LogP contribution is -2.40. The number of fused-ring (bicyclic) bond motifs is 1. The van der Waals surface area contributed by atoms with E-state index < -0.39 is 5.60 Å². The molecule has 3 aromatic heterocycles. The van der Waals surface area contributed by atoms with Crippen molar-refractivity contribution in [3.05, 3.63) is 36.7 Å². The Morgan fingerprint density at radius 1 is 1.31 bits per heavy atom. The number of aromatic nitrogens is 4. The minimum absolute atomic E-state index is 0. The third-order valence-electron chi connectivity index (χ3n) is 4.18. The molecule has 0 aromatic carbocycles. The van der Waals surface area contributed by atoms with Crippen LogP contribution in [0.2, 0.25) is 0 Å². The van der Waals surface area contributed by atoms with Crippen LogP contribution in [0.4, 0.5) is 5.82 Å². The van der Waals surface area contributed by atoms with Crippen molar-refractivity contribution in [1.29, 1.82) is 0 Å². The van der Waals surface area contributed by atoms with E-state index in [1.807, 2.05) is 14.0 Å². The predicted molar refractivity (Wildman–Crippen MR) is 122 cm³/mol. The minimum Gasteiger partial charge on any atom is -0.466 e. The molecule has 0 aliphatic carbocycles. The third-order valence-corrected chi connectivity index (χ3v) is 4.18. The predicted octanol–water partition coefficient (Wildman–Crippen LogP) is 1.45. The Balaban J connectivity index is 0.00000300. The summed E-state index contributed by atoms with van der Waals surface area (Å²) < 4.78 is 7.00. The summed E-state index contributed by atoms with van der Waals surface area (Å²) in [5.74, 6) is 1.84. The summed E-state index contributed by atoms with van der Waals surface area (Å²) in [7, 11) is 1.84. The second-order valence-corrected chi connectivity index (χ2v) is 6.53. The second kappa shape index (κ2) is 10.4. The van der Waals surface area contributed by atoms with Crippen LogP contribution in [0.1, 0.15) is 19.6 Å². The molecule has 11 heteroatoms. The molecule has 3 heterocycles. The Bertz CT molecular complexity index is 923. The molecule has 0 amide bonds. The van der Waals surface area contributed by atoms with Gasteiger partial charge in [0.15, 0.2) is 11.6 Å². The van der Waals surface area contributed by atoms with Crippen LogP contribution in [0, 0.1) is 0 Å². The van der Waals surface area contributed by atoms with Crippen LogP contribution in [-0.2, 0) is 12.6 Å². The average molecular weight is 514 g/mol. The zero-order valence-corrected chi connectivity index (χ0v) is 19.0. The van der Waals surface area contributed by atoms with E-state index in [1.165, 1.54) is 12.6 Å². The van der Waals surface area contributed by atoms with Gasteiger partial charge < -0.3 is 25.5 Å². The van der Waals surface area contributed by atoms with Crippen molar-refractivity contribution in [1.82, 2.24) is 30.4 Å². The van der Waals surface area contributed by atoms with E-state index in [4.69, 9.17) is 4.42 Å². The molecule has 0 spiro atoms. The Kier molecular flexibility index (Phi) is 8.20. The summed E-state index contributed by atoms with van der Waals surface area (Å²) in [5, 5.41) is 25.3. The molecule has 0 saturated carbocycles. The first kappa shape index (κ1) is 22.9. The van der Waals surface area contributed by atoms with Gasteiger partial charge in [0.25, 0.3) is 0 Å². The number of aliphatic hydroxyl groups is 1. The summed E-state index contributed by atoms with van der Waals surface area (Å²) in [6.07, 6.45) is 4.80. The molecule has 0 aliphatic rings. The molecule has 0 radical (unpaired) electrons. The molecule has 10 nitrogen and oxygen atoms in total. The highest BCUT2D eigenvalue weighted by Gasteiger charge is 2.26.